The highest BCUT2D eigenvalue weighted by Crippen LogP contribution is 2.24. The molecule has 4 heterocycles. The van der Waals surface area contributed by atoms with E-state index in [2.05, 4.69) is 35.9 Å². The Hall–Kier alpha value is -3.44. The predicted molar refractivity (Wildman–Crippen MR) is 126 cm³/mol. The number of pyridine rings is 2. The highest BCUT2D eigenvalue weighted by molar-refractivity contribution is 5.99. The van der Waals surface area contributed by atoms with Gasteiger partial charge in [-0.15, -0.1) is 0 Å². The SMILES string of the molecule is CC(C)(O)[C@H](F)CNC(=O)c1cnc(Nc2ncc3ncccc3n2)cc1NC1CCOCC1. The second kappa shape index (κ2) is 10.2. The third-order valence-corrected chi connectivity index (χ3v) is 5.53. The first-order valence-electron chi connectivity index (χ1n) is 11.1. The molecule has 1 amide bonds. The number of aliphatic hydroxyl groups is 1. The fourth-order valence-electron chi connectivity index (χ4n) is 3.46. The maximum atomic E-state index is 14.1. The third-order valence-electron chi connectivity index (χ3n) is 5.53. The summed E-state index contributed by atoms with van der Waals surface area (Å²) in [5.74, 6) is 0.287. The van der Waals surface area contributed by atoms with Crippen LogP contribution in [0.5, 0.6) is 0 Å². The number of hydrogen-bond acceptors (Lipinski definition) is 9. The summed E-state index contributed by atoms with van der Waals surface area (Å²) in [6, 6.07) is 5.44. The minimum atomic E-state index is -1.61. The van der Waals surface area contributed by atoms with Crippen LogP contribution < -0.4 is 16.0 Å². The molecule has 3 aromatic heterocycles. The zero-order valence-corrected chi connectivity index (χ0v) is 19.1. The Bertz CT molecular complexity index is 1150. The number of halogens is 1. The van der Waals surface area contributed by atoms with Crippen LogP contribution in [0, 0.1) is 0 Å². The van der Waals surface area contributed by atoms with Crippen molar-refractivity contribution in [1.29, 1.82) is 0 Å². The van der Waals surface area contributed by atoms with Crippen LogP contribution in [0.15, 0.2) is 36.8 Å². The molecule has 0 unspecified atom stereocenters. The van der Waals surface area contributed by atoms with Gasteiger partial charge in [0, 0.05) is 37.7 Å². The third kappa shape index (κ3) is 5.91. The van der Waals surface area contributed by atoms with Gasteiger partial charge in [0.2, 0.25) is 5.95 Å². The Balaban J connectivity index is 1.55. The lowest BCUT2D eigenvalue weighted by atomic mass is 10.0. The van der Waals surface area contributed by atoms with Gasteiger partial charge in [-0.25, -0.2) is 19.3 Å². The van der Waals surface area contributed by atoms with Crippen LogP contribution in [-0.4, -0.2) is 68.5 Å². The number of aromatic nitrogens is 4. The van der Waals surface area contributed by atoms with E-state index in [1.54, 1.807) is 24.5 Å². The number of hydrogen-bond donors (Lipinski definition) is 4. The van der Waals surface area contributed by atoms with E-state index in [4.69, 9.17) is 4.74 Å². The molecular formula is C23H28FN7O3. The van der Waals surface area contributed by atoms with Crippen LogP contribution in [0.4, 0.5) is 21.8 Å². The number of anilines is 3. The zero-order chi connectivity index (χ0) is 24.1. The van der Waals surface area contributed by atoms with Gasteiger partial charge in [-0.05, 0) is 38.8 Å². The van der Waals surface area contributed by atoms with Crippen molar-refractivity contribution < 1.29 is 19.0 Å². The first-order chi connectivity index (χ1) is 16.3. The van der Waals surface area contributed by atoms with Crippen molar-refractivity contribution in [2.75, 3.05) is 30.4 Å². The summed E-state index contributed by atoms with van der Waals surface area (Å²) in [4.78, 5) is 30.1. The van der Waals surface area contributed by atoms with Crippen LogP contribution in [0.1, 0.15) is 37.0 Å². The molecule has 0 saturated carbocycles. The molecule has 180 valence electrons. The van der Waals surface area contributed by atoms with E-state index < -0.39 is 17.7 Å². The molecule has 0 radical (unpaired) electrons. The molecule has 11 heteroatoms. The lowest BCUT2D eigenvalue weighted by Crippen LogP contribution is -2.42. The number of fused-ring (bicyclic) bond motifs is 1. The smallest absolute Gasteiger partial charge is 0.255 e. The van der Waals surface area contributed by atoms with Crippen LogP contribution in [-0.2, 0) is 4.74 Å². The molecule has 1 saturated heterocycles. The van der Waals surface area contributed by atoms with Crippen molar-refractivity contribution in [3.05, 3.63) is 42.4 Å². The van der Waals surface area contributed by atoms with Gasteiger partial charge < -0.3 is 25.8 Å². The Morgan fingerprint density at radius 3 is 2.79 bits per heavy atom. The fourth-order valence-corrected chi connectivity index (χ4v) is 3.46. The number of carbonyl (C=O) groups is 1. The minimum Gasteiger partial charge on any atom is -0.387 e. The molecule has 3 aromatic rings. The van der Waals surface area contributed by atoms with Gasteiger partial charge in [-0.1, -0.05) is 0 Å². The van der Waals surface area contributed by atoms with E-state index >= 15 is 0 Å². The monoisotopic (exact) mass is 469 g/mol. The molecule has 1 aliphatic heterocycles. The van der Waals surface area contributed by atoms with Crippen molar-refractivity contribution in [2.45, 2.75) is 44.5 Å². The van der Waals surface area contributed by atoms with Gasteiger partial charge in [0.25, 0.3) is 5.91 Å². The normalized spacial score (nSPS) is 15.6. The average molecular weight is 470 g/mol. The number of alkyl halides is 1. The van der Waals surface area contributed by atoms with Crippen molar-refractivity contribution in [2.24, 2.45) is 0 Å². The Labute approximate surface area is 196 Å². The summed E-state index contributed by atoms with van der Waals surface area (Å²) in [5, 5.41) is 18.8. The zero-order valence-electron chi connectivity index (χ0n) is 19.1. The van der Waals surface area contributed by atoms with E-state index in [1.165, 1.54) is 20.0 Å². The Morgan fingerprint density at radius 2 is 2.03 bits per heavy atom. The summed E-state index contributed by atoms with van der Waals surface area (Å²) in [7, 11) is 0. The highest BCUT2D eigenvalue weighted by atomic mass is 19.1. The number of nitrogens with zero attached hydrogens (tertiary/aromatic N) is 4. The molecular weight excluding hydrogens is 441 g/mol. The summed E-state index contributed by atoms with van der Waals surface area (Å²) >= 11 is 0. The highest BCUT2D eigenvalue weighted by Gasteiger charge is 2.27. The number of amides is 1. The molecule has 4 N–H and O–H groups in total. The molecule has 0 aliphatic carbocycles. The Kier molecular flexibility index (Phi) is 7.13. The number of rotatable bonds is 8. The van der Waals surface area contributed by atoms with E-state index in [1.807, 2.05) is 6.07 Å². The van der Waals surface area contributed by atoms with Gasteiger partial charge in [0.1, 0.15) is 17.5 Å². The largest absolute Gasteiger partial charge is 0.387 e. The maximum absolute atomic E-state index is 14.1. The van der Waals surface area contributed by atoms with Gasteiger partial charge in [0.05, 0.1) is 35.1 Å². The van der Waals surface area contributed by atoms with Crippen molar-refractivity contribution >= 4 is 34.4 Å². The van der Waals surface area contributed by atoms with Crippen LogP contribution in [0.25, 0.3) is 11.0 Å². The first kappa shape index (κ1) is 23.7. The molecule has 0 aromatic carbocycles. The molecule has 1 atom stereocenters. The molecule has 10 nitrogen and oxygen atoms in total. The first-order valence-corrected chi connectivity index (χ1v) is 11.1. The molecule has 0 spiro atoms. The summed E-state index contributed by atoms with van der Waals surface area (Å²) < 4.78 is 19.6. The average Bonchev–Trinajstić information content (AvgIpc) is 2.82. The van der Waals surface area contributed by atoms with Crippen molar-refractivity contribution in [1.82, 2.24) is 25.3 Å². The summed E-state index contributed by atoms with van der Waals surface area (Å²) in [6.45, 7) is 3.65. The van der Waals surface area contributed by atoms with Gasteiger partial charge in [-0.2, -0.15) is 0 Å². The van der Waals surface area contributed by atoms with Crippen molar-refractivity contribution in [3.8, 4) is 0 Å². The lowest BCUT2D eigenvalue weighted by Gasteiger charge is -2.26. The minimum absolute atomic E-state index is 0.115. The van der Waals surface area contributed by atoms with Gasteiger partial charge in [0.15, 0.2) is 0 Å². The summed E-state index contributed by atoms with van der Waals surface area (Å²) in [5.41, 5.74) is 0.612. The molecule has 1 fully saturated rings. The Morgan fingerprint density at radius 1 is 1.24 bits per heavy atom. The van der Waals surface area contributed by atoms with Crippen molar-refractivity contribution in [3.63, 3.8) is 0 Å². The van der Waals surface area contributed by atoms with Crippen LogP contribution in [0.2, 0.25) is 0 Å². The number of ether oxygens (including phenoxy) is 1. The van der Waals surface area contributed by atoms with E-state index in [0.717, 1.165) is 12.8 Å². The van der Waals surface area contributed by atoms with Crippen LogP contribution >= 0.6 is 0 Å². The van der Waals surface area contributed by atoms with E-state index in [9.17, 15) is 14.3 Å². The topological polar surface area (TPSA) is 134 Å². The van der Waals surface area contributed by atoms with Crippen LogP contribution in [0.3, 0.4) is 0 Å². The molecule has 1 aliphatic rings. The maximum Gasteiger partial charge on any atom is 0.255 e. The fraction of sp³-hybridized carbons (Fsp3) is 0.435. The van der Waals surface area contributed by atoms with E-state index in [-0.39, 0.29) is 18.2 Å². The van der Waals surface area contributed by atoms with Gasteiger partial charge >= 0.3 is 0 Å². The summed E-state index contributed by atoms with van der Waals surface area (Å²) in [6.07, 6.45) is 4.67. The molecule has 4 rings (SSSR count). The predicted octanol–water partition coefficient (Wildman–Crippen LogP) is 2.59. The second-order valence-electron chi connectivity index (χ2n) is 8.70. The molecule has 34 heavy (non-hydrogen) atoms. The number of nitrogens with one attached hydrogen (secondary N) is 3. The quantitative estimate of drug-likeness (QED) is 0.393. The molecule has 0 bridgehead atoms. The van der Waals surface area contributed by atoms with E-state index in [0.29, 0.717) is 41.7 Å². The second-order valence-corrected chi connectivity index (χ2v) is 8.70. The standard InChI is InChI=1S/C23H28FN7O3/c1-23(2,33)19(24)13-27-21(32)15-11-26-20(10-17(15)29-14-5-8-34-9-6-14)31-22-28-12-18-16(30-22)4-3-7-25-18/h3-4,7,10-12,14,19,33H,5-6,8-9,13H2,1-2H3,(H,27,32)(H2,26,28,29,30,31)/t19-/m1/s1. The lowest BCUT2D eigenvalue weighted by molar-refractivity contribution is -0.00177. The number of carbonyl (C=O) groups excluding carboxylic acids is 1. The van der Waals surface area contributed by atoms with Gasteiger partial charge in [-0.3, -0.25) is 9.78 Å².